The van der Waals surface area contributed by atoms with Gasteiger partial charge in [-0.15, -0.1) is 0 Å². The monoisotopic (exact) mass is 296 g/mol. The van der Waals surface area contributed by atoms with Gasteiger partial charge in [-0.25, -0.2) is 4.79 Å². The molecule has 5 heteroatoms. The van der Waals surface area contributed by atoms with E-state index in [0.717, 1.165) is 22.4 Å². The molecule has 3 rings (SSSR count). The first-order valence-electron chi connectivity index (χ1n) is 7.06. The summed E-state index contributed by atoms with van der Waals surface area (Å²) in [7, 11) is 0. The number of aromatic hydroxyl groups is 1. The maximum Gasteiger partial charge on any atom is 0.328 e. The summed E-state index contributed by atoms with van der Waals surface area (Å²) in [5, 5.41) is 12.3. The van der Waals surface area contributed by atoms with Gasteiger partial charge in [0, 0.05) is 24.2 Å². The van der Waals surface area contributed by atoms with Crippen molar-refractivity contribution in [3.05, 3.63) is 48.0 Å². The lowest BCUT2D eigenvalue weighted by atomic mass is 10.0. The molecule has 0 spiro atoms. The lowest BCUT2D eigenvalue weighted by Gasteiger charge is -2.28. The van der Waals surface area contributed by atoms with Crippen LogP contribution in [-0.4, -0.2) is 23.6 Å². The Kier molecular flexibility index (Phi) is 3.55. The highest BCUT2D eigenvalue weighted by atomic mass is 16.3. The van der Waals surface area contributed by atoms with Crippen LogP contribution in [0, 0.1) is 6.92 Å². The fourth-order valence-corrected chi connectivity index (χ4v) is 2.64. The molecule has 2 aromatic carbocycles. The second-order valence-corrected chi connectivity index (χ2v) is 5.27. The molecule has 1 heterocycles. The van der Waals surface area contributed by atoms with E-state index in [9.17, 15) is 14.7 Å². The van der Waals surface area contributed by atoms with Crippen molar-refractivity contribution in [2.45, 2.75) is 13.3 Å². The van der Waals surface area contributed by atoms with Crippen LogP contribution < -0.4 is 10.2 Å². The van der Waals surface area contributed by atoms with Crippen LogP contribution in [0.2, 0.25) is 0 Å². The first-order valence-corrected chi connectivity index (χ1v) is 7.06. The molecule has 5 nitrogen and oxygen atoms in total. The van der Waals surface area contributed by atoms with Crippen LogP contribution in [0.4, 0.5) is 10.5 Å². The Balaban J connectivity index is 1.95. The average molecular weight is 296 g/mol. The van der Waals surface area contributed by atoms with E-state index in [-0.39, 0.29) is 11.7 Å². The molecule has 2 aromatic rings. The standard InChI is InChI=1S/C17H16N2O3/c1-11-10-12(13-4-2-3-5-15(13)20)6-7-14(11)19-9-8-16(21)18-17(19)22/h2-7,10,20H,8-9H2,1H3,(H,18,21,22). The van der Waals surface area contributed by atoms with E-state index < -0.39 is 6.03 Å². The van der Waals surface area contributed by atoms with E-state index in [1.54, 1.807) is 17.0 Å². The Bertz CT molecular complexity index is 755. The van der Waals surface area contributed by atoms with Crippen LogP contribution in [0.25, 0.3) is 11.1 Å². The summed E-state index contributed by atoms with van der Waals surface area (Å²) in [6, 6.07) is 12.4. The number of nitrogens with one attached hydrogen (secondary N) is 1. The molecule has 2 N–H and O–H groups in total. The summed E-state index contributed by atoms with van der Waals surface area (Å²) in [5.74, 6) is -0.0271. The fourth-order valence-electron chi connectivity index (χ4n) is 2.64. The SMILES string of the molecule is Cc1cc(-c2ccccc2O)ccc1N1CCC(=O)NC1=O. The normalized spacial score (nSPS) is 14.9. The third-order valence-electron chi connectivity index (χ3n) is 3.76. The second-order valence-electron chi connectivity index (χ2n) is 5.27. The van der Waals surface area contributed by atoms with Gasteiger partial charge in [-0.2, -0.15) is 0 Å². The molecule has 0 unspecified atom stereocenters. The van der Waals surface area contributed by atoms with Crippen molar-refractivity contribution < 1.29 is 14.7 Å². The Morgan fingerprint density at radius 3 is 2.59 bits per heavy atom. The minimum absolute atomic E-state index is 0.218. The van der Waals surface area contributed by atoms with Crippen LogP contribution >= 0.6 is 0 Å². The van der Waals surface area contributed by atoms with Gasteiger partial charge in [-0.3, -0.25) is 15.0 Å². The van der Waals surface area contributed by atoms with E-state index in [2.05, 4.69) is 5.32 Å². The zero-order valence-electron chi connectivity index (χ0n) is 12.2. The zero-order chi connectivity index (χ0) is 15.7. The molecule has 0 saturated carbocycles. The zero-order valence-corrected chi connectivity index (χ0v) is 12.2. The number of aryl methyl sites for hydroxylation is 1. The van der Waals surface area contributed by atoms with Gasteiger partial charge in [-0.1, -0.05) is 24.3 Å². The number of para-hydroxylation sites is 1. The van der Waals surface area contributed by atoms with Gasteiger partial charge in [0.1, 0.15) is 5.75 Å². The highest BCUT2D eigenvalue weighted by molar-refractivity contribution is 6.06. The molecule has 1 aliphatic rings. The number of hydrogen-bond acceptors (Lipinski definition) is 3. The lowest BCUT2D eigenvalue weighted by molar-refractivity contribution is -0.120. The second kappa shape index (κ2) is 5.52. The number of urea groups is 1. The van der Waals surface area contributed by atoms with Gasteiger partial charge in [-0.05, 0) is 36.2 Å². The topological polar surface area (TPSA) is 69.6 Å². The van der Waals surface area contributed by atoms with E-state index in [4.69, 9.17) is 0 Å². The average Bonchev–Trinajstić information content (AvgIpc) is 2.48. The number of phenolic OH excluding ortho intramolecular Hbond substituents is 1. The number of carbonyl (C=O) groups is 2. The largest absolute Gasteiger partial charge is 0.507 e. The predicted molar refractivity (Wildman–Crippen MR) is 83.8 cm³/mol. The number of rotatable bonds is 2. The number of phenols is 1. The molecule has 0 radical (unpaired) electrons. The Hall–Kier alpha value is -2.82. The minimum atomic E-state index is -0.394. The van der Waals surface area contributed by atoms with E-state index >= 15 is 0 Å². The summed E-state index contributed by atoms with van der Waals surface area (Å²) in [6.07, 6.45) is 0.298. The van der Waals surface area contributed by atoms with Crippen molar-refractivity contribution in [2.24, 2.45) is 0 Å². The lowest BCUT2D eigenvalue weighted by Crippen LogP contribution is -2.49. The first-order chi connectivity index (χ1) is 10.6. The molecule has 3 amide bonds. The van der Waals surface area contributed by atoms with Crippen molar-refractivity contribution in [2.75, 3.05) is 11.4 Å². The van der Waals surface area contributed by atoms with Gasteiger partial charge >= 0.3 is 6.03 Å². The minimum Gasteiger partial charge on any atom is -0.507 e. The number of carbonyl (C=O) groups excluding carboxylic acids is 2. The van der Waals surface area contributed by atoms with Crippen molar-refractivity contribution in [1.82, 2.24) is 5.32 Å². The summed E-state index contributed by atoms with van der Waals surface area (Å²) in [6.45, 7) is 2.28. The van der Waals surface area contributed by atoms with Gasteiger partial charge in [0.15, 0.2) is 0 Å². The number of hydrogen-bond donors (Lipinski definition) is 2. The first kappa shape index (κ1) is 14.1. The van der Waals surface area contributed by atoms with Crippen LogP contribution in [0.1, 0.15) is 12.0 Å². The maximum absolute atomic E-state index is 11.9. The van der Waals surface area contributed by atoms with E-state index in [0.29, 0.717) is 13.0 Å². The van der Waals surface area contributed by atoms with Gasteiger partial charge in [0.2, 0.25) is 5.91 Å². The van der Waals surface area contributed by atoms with Crippen LogP contribution in [0.5, 0.6) is 5.75 Å². The molecule has 0 atom stereocenters. The Labute approximate surface area is 128 Å². The summed E-state index contributed by atoms with van der Waals surface area (Å²) >= 11 is 0. The van der Waals surface area contributed by atoms with Crippen LogP contribution in [0.3, 0.4) is 0 Å². The molecule has 22 heavy (non-hydrogen) atoms. The molecule has 1 aliphatic heterocycles. The Morgan fingerprint density at radius 1 is 1.14 bits per heavy atom. The molecule has 0 aliphatic carbocycles. The number of amides is 3. The molecular formula is C17H16N2O3. The molecule has 1 fully saturated rings. The van der Waals surface area contributed by atoms with Crippen LogP contribution in [-0.2, 0) is 4.79 Å². The molecule has 112 valence electrons. The van der Waals surface area contributed by atoms with Crippen molar-refractivity contribution in [3.63, 3.8) is 0 Å². The van der Waals surface area contributed by atoms with E-state index in [1.807, 2.05) is 37.3 Å². The van der Waals surface area contributed by atoms with Crippen molar-refractivity contribution in [3.8, 4) is 16.9 Å². The highest BCUT2D eigenvalue weighted by Gasteiger charge is 2.25. The Morgan fingerprint density at radius 2 is 1.91 bits per heavy atom. The molecular weight excluding hydrogens is 280 g/mol. The highest BCUT2D eigenvalue weighted by Crippen LogP contribution is 2.32. The summed E-state index contributed by atoms with van der Waals surface area (Å²) < 4.78 is 0. The smallest absolute Gasteiger partial charge is 0.328 e. The summed E-state index contributed by atoms with van der Waals surface area (Å²) in [4.78, 5) is 24.7. The maximum atomic E-state index is 11.9. The van der Waals surface area contributed by atoms with Crippen LogP contribution in [0.15, 0.2) is 42.5 Å². The van der Waals surface area contributed by atoms with Gasteiger partial charge < -0.3 is 5.11 Å². The number of nitrogens with zero attached hydrogens (tertiary/aromatic N) is 1. The third kappa shape index (κ3) is 2.53. The molecule has 0 bridgehead atoms. The molecule has 0 aromatic heterocycles. The summed E-state index contributed by atoms with van der Waals surface area (Å²) in [5.41, 5.74) is 3.30. The van der Waals surface area contributed by atoms with Gasteiger partial charge in [0.25, 0.3) is 0 Å². The fraction of sp³-hybridized carbons (Fsp3) is 0.176. The quantitative estimate of drug-likeness (QED) is 0.895. The predicted octanol–water partition coefficient (Wildman–Crippen LogP) is 2.81. The number of imide groups is 1. The number of anilines is 1. The number of benzene rings is 2. The van der Waals surface area contributed by atoms with Crippen molar-refractivity contribution >= 4 is 17.6 Å². The third-order valence-corrected chi connectivity index (χ3v) is 3.76. The van der Waals surface area contributed by atoms with Crippen molar-refractivity contribution in [1.29, 1.82) is 0 Å². The molecule has 1 saturated heterocycles. The van der Waals surface area contributed by atoms with Gasteiger partial charge in [0.05, 0.1) is 0 Å². The van der Waals surface area contributed by atoms with E-state index in [1.165, 1.54) is 0 Å².